The number of nitrogens with zero attached hydrogens (tertiary/aromatic N) is 2. The van der Waals surface area contributed by atoms with E-state index < -0.39 is 67.8 Å². The molecule has 0 saturated carbocycles. The van der Waals surface area contributed by atoms with Gasteiger partial charge in [0.25, 0.3) is 6.43 Å². The molecular weight excluding hydrogens is 569 g/mol. The lowest BCUT2D eigenvalue weighted by Gasteiger charge is -2.32. The number of alkyl halides is 2. The van der Waals surface area contributed by atoms with Crippen LogP contribution in [-0.2, 0) is 30.6 Å². The minimum absolute atomic E-state index is 0.135. The number of ether oxygens (including phenoxy) is 2. The number of nitrogens with one attached hydrogen (secondary N) is 1. The fourth-order valence-corrected chi connectivity index (χ4v) is 6.11. The van der Waals surface area contributed by atoms with E-state index in [1.807, 2.05) is 0 Å². The molecule has 0 radical (unpaired) electrons. The predicted molar refractivity (Wildman–Crippen MR) is 139 cm³/mol. The second kappa shape index (κ2) is 12.3. The van der Waals surface area contributed by atoms with Gasteiger partial charge in [-0.3, -0.25) is 9.36 Å². The summed E-state index contributed by atoms with van der Waals surface area (Å²) in [6.45, 7) is 0.240. The molecule has 11 nitrogen and oxygen atoms in total. The van der Waals surface area contributed by atoms with Gasteiger partial charge in [-0.05, 0) is 44.7 Å². The Balaban J connectivity index is 1.87. The molecule has 38 heavy (non-hydrogen) atoms. The maximum Gasteiger partial charge on any atom is 0.351 e. The molecule has 4 N–H and O–H groups in total. The van der Waals surface area contributed by atoms with Crippen molar-refractivity contribution in [3.63, 3.8) is 0 Å². The zero-order valence-electron chi connectivity index (χ0n) is 20.6. The highest BCUT2D eigenvalue weighted by molar-refractivity contribution is 8.09. The van der Waals surface area contributed by atoms with E-state index in [9.17, 15) is 23.5 Å². The first-order valence-corrected chi connectivity index (χ1v) is 14.4. The van der Waals surface area contributed by atoms with Gasteiger partial charge in [-0.15, -0.1) is 0 Å². The molecule has 2 aromatic rings. The van der Waals surface area contributed by atoms with E-state index in [0.717, 1.165) is 10.8 Å². The standard InChI is InChI=1S/C22H28ClF2N4O7PS/c1-12(2)34-19(31)13(3)28-37(38,36-14-7-5-4-6-8-14)33-11-22(20(24)25)9-16(30)18(35-22)29-10-15(23)17(26)27-21(29)32/h4-8,10,12-13,16,18,20,30H,9,11H2,1-3H3,(H,28,38)(H2,26,27,32). The van der Waals surface area contributed by atoms with Crippen LogP contribution in [0.2, 0.25) is 5.02 Å². The summed E-state index contributed by atoms with van der Waals surface area (Å²) in [5.74, 6) is -0.658. The zero-order valence-corrected chi connectivity index (χ0v) is 23.1. The van der Waals surface area contributed by atoms with E-state index >= 15 is 0 Å². The first kappa shape index (κ1) is 30.4. The number of hydrogen-bond donors (Lipinski definition) is 3. The van der Waals surface area contributed by atoms with Crippen molar-refractivity contribution in [2.24, 2.45) is 0 Å². The summed E-state index contributed by atoms with van der Waals surface area (Å²) in [4.78, 5) is 28.2. The van der Waals surface area contributed by atoms with Gasteiger partial charge in [-0.2, -0.15) is 4.98 Å². The minimum atomic E-state index is -3.70. The van der Waals surface area contributed by atoms with E-state index in [4.69, 9.17) is 47.7 Å². The van der Waals surface area contributed by atoms with Crippen LogP contribution in [-0.4, -0.2) is 57.5 Å². The molecule has 1 aliphatic heterocycles. The number of esters is 1. The maximum atomic E-state index is 14.4. The third kappa shape index (κ3) is 7.26. The van der Waals surface area contributed by atoms with Crippen LogP contribution < -0.4 is 21.0 Å². The number of nitrogen functional groups attached to an aromatic ring is 1. The zero-order chi connectivity index (χ0) is 28.3. The summed E-state index contributed by atoms with van der Waals surface area (Å²) in [5.41, 5.74) is 2.15. The van der Waals surface area contributed by atoms with Gasteiger partial charge in [0.1, 0.15) is 23.7 Å². The van der Waals surface area contributed by atoms with Crippen LogP contribution in [0.4, 0.5) is 14.6 Å². The van der Waals surface area contributed by atoms with Crippen molar-refractivity contribution in [3.05, 3.63) is 52.0 Å². The van der Waals surface area contributed by atoms with Crippen LogP contribution in [0.1, 0.15) is 33.4 Å². The summed E-state index contributed by atoms with van der Waals surface area (Å²) < 4.78 is 51.9. The van der Waals surface area contributed by atoms with Crippen molar-refractivity contribution in [2.45, 2.75) is 63.7 Å². The molecule has 2 heterocycles. The number of para-hydroxylation sites is 1. The van der Waals surface area contributed by atoms with E-state index in [0.29, 0.717) is 0 Å². The van der Waals surface area contributed by atoms with Crippen molar-refractivity contribution in [3.8, 4) is 5.75 Å². The highest BCUT2D eigenvalue weighted by Crippen LogP contribution is 2.49. The molecule has 1 aliphatic rings. The Morgan fingerprint density at radius 2 is 2.05 bits per heavy atom. The van der Waals surface area contributed by atoms with Gasteiger partial charge >= 0.3 is 18.3 Å². The van der Waals surface area contributed by atoms with Gasteiger partial charge in [0, 0.05) is 12.6 Å². The lowest BCUT2D eigenvalue weighted by molar-refractivity contribution is -0.169. The van der Waals surface area contributed by atoms with Crippen molar-refractivity contribution < 1.29 is 37.2 Å². The Morgan fingerprint density at radius 3 is 2.66 bits per heavy atom. The first-order valence-electron chi connectivity index (χ1n) is 11.4. The molecule has 16 heteroatoms. The van der Waals surface area contributed by atoms with Crippen LogP contribution in [0, 0.1) is 0 Å². The van der Waals surface area contributed by atoms with Gasteiger partial charge in [-0.25, -0.2) is 18.7 Å². The number of anilines is 1. The third-order valence-corrected chi connectivity index (χ3v) is 8.12. The lowest BCUT2D eigenvalue weighted by Crippen LogP contribution is -2.44. The van der Waals surface area contributed by atoms with Gasteiger partial charge in [-0.1, -0.05) is 29.8 Å². The van der Waals surface area contributed by atoms with E-state index in [1.165, 1.54) is 6.92 Å². The van der Waals surface area contributed by atoms with Crippen LogP contribution in [0.3, 0.4) is 0 Å². The summed E-state index contributed by atoms with van der Waals surface area (Å²) >= 11 is 11.5. The number of benzene rings is 1. The highest BCUT2D eigenvalue weighted by atomic mass is 35.5. The molecule has 3 rings (SSSR count). The molecule has 5 unspecified atom stereocenters. The number of halogens is 3. The molecule has 1 fully saturated rings. The Hall–Kier alpha value is -2.19. The third-order valence-electron chi connectivity index (χ3n) is 5.35. The number of carbonyl (C=O) groups excluding carboxylic acids is 1. The molecular formula is C22H28ClF2N4O7PS. The van der Waals surface area contributed by atoms with Crippen LogP contribution >= 0.6 is 18.2 Å². The Kier molecular flexibility index (Phi) is 9.85. The fraction of sp³-hybridized carbons (Fsp3) is 0.500. The molecule has 0 amide bonds. The molecule has 0 bridgehead atoms. The Labute approximate surface area is 227 Å². The van der Waals surface area contributed by atoms with Gasteiger partial charge in [0.2, 0.25) is 0 Å². The highest BCUT2D eigenvalue weighted by Gasteiger charge is 2.54. The van der Waals surface area contributed by atoms with Crippen LogP contribution in [0.25, 0.3) is 0 Å². The quantitative estimate of drug-likeness (QED) is 0.260. The maximum absolute atomic E-state index is 14.4. The van der Waals surface area contributed by atoms with Crippen LogP contribution in [0.5, 0.6) is 5.75 Å². The van der Waals surface area contributed by atoms with Gasteiger partial charge < -0.3 is 29.4 Å². The fourth-order valence-electron chi connectivity index (χ4n) is 3.53. The van der Waals surface area contributed by atoms with Crippen molar-refractivity contribution in [1.82, 2.24) is 14.6 Å². The average Bonchev–Trinajstić information content (AvgIpc) is 3.18. The second-order valence-electron chi connectivity index (χ2n) is 8.82. The Bertz CT molecular complexity index is 1240. The average molecular weight is 597 g/mol. The molecule has 5 atom stereocenters. The molecule has 0 spiro atoms. The van der Waals surface area contributed by atoms with Crippen LogP contribution in [0.15, 0.2) is 41.3 Å². The molecule has 0 aliphatic carbocycles. The smallest absolute Gasteiger partial charge is 0.351 e. The number of aliphatic hydroxyl groups is 1. The van der Waals surface area contributed by atoms with E-state index in [-0.39, 0.29) is 16.6 Å². The Morgan fingerprint density at radius 1 is 1.39 bits per heavy atom. The monoisotopic (exact) mass is 596 g/mol. The number of aromatic nitrogens is 2. The molecule has 210 valence electrons. The van der Waals surface area contributed by atoms with Crippen molar-refractivity contribution >= 4 is 41.8 Å². The van der Waals surface area contributed by atoms with Gasteiger partial charge in [0.05, 0.1) is 17.7 Å². The SMILES string of the molecule is CC(C)OC(=O)C(C)NP(=S)(OCC1(C(F)F)CC(O)C(n2cc(Cl)c(N)nc2=O)O1)Oc1ccccc1. The minimum Gasteiger partial charge on any atom is -0.462 e. The summed E-state index contributed by atoms with van der Waals surface area (Å²) in [6.07, 6.45) is -6.31. The summed E-state index contributed by atoms with van der Waals surface area (Å²) in [6, 6.07) is 7.18. The first-order chi connectivity index (χ1) is 17.7. The van der Waals surface area contributed by atoms with Gasteiger partial charge in [0.15, 0.2) is 11.8 Å². The van der Waals surface area contributed by atoms with E-state index in [1.54, 1.807) is 44.2 Å². The number of hydrogen-bond acceptors (Lipinski definition) is 10. The number of rotatable bonds is 11. The van der Waals surface area contributed by atoms with E-state index in [2.05, 4.69) is 10.1 Å². The molecule has 1 aromatic heterocycles. The number of aliphatic hydroxyl groups excluding tert-OH is 1. The number of nitrogens with two attached hydrogens (primary N) is 1. The number of carbonyl (C=O) groups is 1. The normalized spacial score (nSPS) is 23.8. The largest absolute Gasteiger partial charge is 0.462 e. The lowest BCUT2D eigenvalue weighted by atomic mass is 10.0. The summed E-state index contributed by atoms with van der Waals surface area (Å²) in [7, 11) is 0. The predicted octanol–water partition coefficient (Wildman–Crippen LogP) is 3.01. The molecule has 1 saturated heterocycles. The van der Waals surface area contributed by atoms with Crippen molar-refractivity contribution in [1.29, 1.82) is 0 Å². The second-order valence-corrected chi connectivity index (χ2v) is 12.4. The molecule has 1 aromatic carbocycles. The van der Waals surface area contributed by atoms with Crippen molar-refractivity contribution in [2.75, 3.05) is 12.3 Å². The summed E-state index contributed by atoms with van der Waals surface area (Å²) in [5, 5.41) is 13.2. The topological polar surface area (TPSA) is 147 Å².